The summed E-state index contributed by atoms with van der Waals surface area (Å²) in [5.74, 6) is -0.702. The Morgan fingerprint density at radius 2 is 1.89 bits per heavy atom. The lowest BCUT2D eigenvalue weighted by Crippen LogP contribution is -2.12. The molecule has 19 heavy (non-hydrogen) atoms. The molecule has 2 aromatic carbocycles. The van der Waals surface area contributed by atoms with Crippen LogP contribution in [0.15, 0.2) is 46.9 Å². The van der Waals surface area contributed by atoms with Crippen LogP contribution in [0.1, 0.15) is 15.9 Å². The first kappa shape index (κ1) is 13.7. The normalized spacial score (nSPS) is 10.3. The third-order valence-corrected chi connectivity index (χ3v) is 3.32. The van der Waals surface area contributed by atoms with E-state index in [0.717, 1.165) is 5.56 Å². The minimum Gasteiger partial charge on any atom is -0.326 e. The van der Waals surface area contributed by atoms with Gasteiger partial charge in [0, 0.05) is 16.6 Å². The number of amides is 1. The number of hydrogen-bond donors (Lipinski definition) is 2. The van der Waals surface area contributed by atoms with E-state index in [1.54, 1.807) is 30.3 Å². The highest BCUT2D eigenvalue weighted by molar-refractivity contribution is 9.10. The van der Waals surface area contributed by atoms with Crippen LogP contribution in [0.4, 0.5) is 10.1 Å². The third-order valence-electron chi connectivity index (χ3n) is 2.63. The van der Waals surface area contributed by atoms with E-state index in [2.05, 4.69) is 21.2 Å². The lowest BCUT2D eigenvalue weighted by atomic mass is 10.1. The average Bonchev–Trinajstić information content (AvgIpc) is 2.43. The van der Waals surface area contributed by atoms with Crippen LogP contribution in [0, 0.1) is 5.82 Å². The zero-order valence-electron chi connectivity index (χ0n) is 9.99. The van der Waals surface area contributed by atoms with Crippen molar-refractivity contribution in [2.75, 3.05) is 5.32 Å². The van der Waals surface area contributed by atoms with Gasteiger partial charge in [-0.1, -0.05) is 12.1 Å². The van der Waals surface area contributed by atoms with Crippen LogP contribution in [-0.2, 0) is 6.54 Å². The first-order valence-electron chi connectivity index (χ1n) is 5.65. The molecule has 3 N–H and O–H groups in total. The second kappa shape index (κ2) is 5.95. The molecule has 0 aliphatic heterocycles. The second-order valence-electron chi connectivity index (χ2n) is 3.98. The van der Waals surface area contributed by atoms with Gasteiger partial charge in [0.2, 0.25) is 0 Å². The van der Waals surface area contributed by atoms with Crippen molar-refractivity contribution < 1.29 is 9.18 Å². The molecular formula is C14H12BrFN2O. The Hall–Kier alpha value is -1.72. The van der Waals surface area contributed by atoms with Crippen LogP contribution in [0.5, 0.6) is 0 Å². The Morgan fingerprint density at radius 3 is 2.53 bits per heavy atom. The summed E-state index contributed by atoms with van der Waals surface area (Å²) in [4.78, 5) is 12.0. The van der Waals surface area contributed by atoms with Gasteiger partial charge in [0.1, 0.15) is 5.82 Å². The maximum Gasteiger partial charge on any atom is 0.255 e. The van der Waals surface area contributed by atoms with E-state index in [1.165, 1.54) is 12.1 Å². The molecule has 0 aromatic heterocycles. The van der Waals surface area contributed by atoms with E-state index in [-0.39, 0.29) is 5.91 Å². The van der Waals surface area contributed by atoms with E-state index in [9.17, 15) is 9.18 Å². The molecule has 98 valence electrons. The molecule has 5 heteroatoms. The van der Waals surface area contributed by atoms with Crippen LogP contribution in [0.25, 0.3) is 0 Å². The topological polar surface area (TPSA) is 55.1 Å². The van der Waals surface area contributed by atoms with Gasteiger partial charge >= 0.3 is 0 Å². The molecule has 0 atom stereocenters. The Morgan fingerprint density at radius 1 is 1.21 bits per heavy atom. The molecule has 1 amide bonds. The zero-order valence-corrected chi connectivity index (χ0v) is 11.6. The number of benzene rings is 2. The largest absolute Gasteiger partial charge is 0.326 e. The molecule has 0 saturated heterocycles. The van der Waals surface area contributed by atoms with Crippen molar-refractivity contribution in [3.8, 4) is 0 Å². The molecule has 0 spiro atoms. The highest BCUT2D eigenvalue weighted by Gasteiger charge is 2.09. The van der Waals surface area contributed by atoms with Crippen molar-refractivity contribution in [3.05, 3.63) is 63.9 Å². The van der Waals surface area contributed by atoms with Gasteiger partial charge in [-0.3, -0.25) is 4.79 Å². The molecule has 0 aliphatic rings. The minimum atomic E-state index is -0.406. The van der Waals surface area contributed by atoms with Gasteiger partial charge in [-0.2, -0.15) is 0 Å². The number of hydrogen-bond acceptors (Lipinski definition) is 2. The highest BCUT2D eigenvalue weighted by atomic mass is 79.9. The lowest BCUT2D eigenvalue weighted by molar-refractivity contribution is 0.102. The molecule has 0 radical (unpaired) electrons. The van der Waals surface area contributed by atoms with Crippen LogP contribution in [0.3, 0.4) is 0 Å². The van der Waals surface area contributed by atoms with E-state index in [1.807, 2.05) is 0 Å². The minimum absolute atomic E-state index is 0.296. The summed E-state index contributed by atoms with van der Waals surface area (Å²) in [6, 6.07) is 11.1. The quantitative estimate of drug-likeness (QED) is 0.911. The van der Waals surface area contributed by atoms with Gasteiger partial charge < -0.3 is 11.1 Å². The predicted octanol–water partition coefficient (Wildman–Crippen LogP) is 3.30. The van der Waals surface area contributed by atoms with E-state index >= 15 is 0 Å². The molecule has 3 nitrogen and oxygen atoms in total. The van der Waals surface area contributed by atoms with Crippen LogP contribution < -0.4 is 11.1 Å². The maximum atomic E-state index is 13.1. The molecule has 2 rings (SSSR count). The monoisotopic (exact) mass is 322 g/mol. The number of halogens is 2. The van der Waals surface area contributed by atoms with E-state index < -0.39 is 5.82 Å². The van der Waals surface area contributed by atoms with Crippen LogP contribution in [-0.4, -0.2) is 5.91 Å². The molecule has 0 heterocycles. The van der Waals surface area contributed by atoms with Crippen molar-refractivity contribution in [2.45, 2.75) is 6.54 Å². The van der Waals surface area contributed by atoms with E-state index in [0.29, 0.717) is 22.3 Å². The van der Waals surface area contributed by atoms with Crippen molar-refractivity contribution >= 4 is 27.5 Å². The number of nitrogens with one attached hydrogen (secondary N) is 1. The summed E-state index contributed by atoms with van der Waals surface area (Å²) in [6.07, 6.45) is 0. The SMILES string of the molecule is NCc1ccc(C(=O)Nc2cc(F)ccc2Br)cc1. The third kappa shape index (κ3) is 3.39. The summed E-state index contributed by atoms with van der Waals surface area (Å²) in [5.41, 5.74) is 7.33. The fourth-order valence-electron chi connectivity index (χ4n) is 1.58. The molecule has 0 fully saturated rings. The number of nitrogens with two attached hydrogens (primary N) is 1. The Labute approximate surface area is 118 Å². The molecular weight excluding hydrogens is 311 g/mol. The van der Waals surface area contributed by atoms with Crippen molar-refractivity contribution in [1.82, 2.24) is 0 Å². The van der Waals surface area contributed by atoms with Gasteiger partial charge in [-0.15, -0.1) is 0 Å². The Kier molecular flexibility index (Phi) is 4.29. The molecule has 2 aromatic rings. The van der Waals surface area contributed by atoms with Crippen LogP contribution in [0.2, 0.25) is 0 Å². The summed E-state index contributed by atoms with van der Waals surface area (Å²) in [5, 5.41) is 2.65. The smallest absolute Gasteiger partial charge is 0.255 e. The second-order valence-corrected chi connectivity index (χ2v) is 4.83. The first-order valence-corrected chi connectivity index (χ1v) is 6.45. The Bertz CT molecular complexity index is 599. The van der Waals surface area contributed by atoms with Gasteiger partial charge in [0.15, 0.2) is 0 Å². The van der Waals surface area contributed by atoms with E-state index in [4.69, 9.17) is 5.73 Å². The number of carbonyl (C=O) groups is 1. The summed E-state index contributed by atoms with van der Waals surface area (Å²) in [6.45, 7) is 0.428. The Balaban J connectivity index is 2.18. The number of anilines is 1. The standard InChI is InChI=1S/C14H12BrFN2O/c15-12-6-5-11(16)7-13(12)18-14(19)10-3-1-9(8-17)2-4-10/h1-7H,8,17H2,(H,18,19). The van der Waals surface area contributed by atoms with Gasteiger partial charge in [0.05, 0.1) is 5.69 Å². The number of rotatable bonds is 3. The lowest BCUT2D eigenvalue weighted by Gasteiger charge is -2.08. The fraction of sp³-hybridized carbons (Fsp3) is 0.0714. The van der Waals surface area contributed by atoms with Gasteiger partial charge in [0.25, 0.3) is 5.91 Å². The predicted molar refractivity (Wildman–Crippen MR) is 76.4 cm³/mol. The fourth-order valence-corrected chi connectivity index (χ4v) is 1.93. The summed E-state index contributed by atoms with van der Waals surface area (Å²) < 4.78 is 13.7. The van der Waals surface area contributed by atoms with Crippen molar-refractivity contribution in [2.24, 2.45) is 5.73 Å². The van der Waals surface area contributed by atoms with Crippen LogP contribution >= 0.6 is 15.9 Å². The van der Waals surface area contributed by atoms with Gasteiger partial charge in [-0.25, -0.2) is 4.39 Å². The molecule has 0 saturated carbocycles. The average molecular weight is 323 g/mol. The first-order chi connectivity index (χ1) is 9.10. The summed E-state index contributed by atoms with van der Waals surface area (Å²) >= 11 is 3.26. The molecule has 0 unspecified atom stereocenters. The number of carbonyl (C=O) groups excluding carboxylic acids is 1. The highest BCUT2D eigenvalue weighted by Crippen LogP contribution is 2.23. The molecule has 0 aliphatic carbocycles. The molecule has 0 bridgehead atoms. The zero-order chi connectivity index (χ0) is 13.8. The van der Waals surface area contributed by atoms with Gasteiger partial charge in [-0.05, 0) is 51.8 Å². The summed E-state index contributed by atoms with van der Waals surface area (Å²) in [7, 11) is 0. The van der Waals surface area contributed by atoms with Crippen molar-refractivity contribution in [1.29, 1.82) is 0 Å². The van der Waals surface area contributed by atoms with Crippen molar-refractivity contribution in [3.63, 3.8) is 0 Å². The maximum absolute atomic E-state index is 13.1.